The maximum absolute atomic E-state index is 15.7. The Morgan fingerprint density at radius 1 is 1.12 bits per heavy atom. The van der Waals surface area contributed by atoms with Crippen LogP contribution in [0.25, 0.3) is 0 Å². The minimum atomic E-state index is -1.72. The Labute approximate surface area is 245 Å². The van der Waals surface area contributed by atoms with Crippen molar-refractivity contribution in [3.8, 4) is 6.07 Å². The number of carbonyl (C=O) groups is 1. The molecule has 0 spiro atoms. The smallest absolute Gasteiger partial charge is 0.242 e. The lowest BCUT2D eigenvalue weighted by Gasteiger charge is -2.37. The van der Waals surface area contributed by atoms with Crippen LogP contribution in [0, 0.1) is 28.4 Å². The number of hydrogen-bond acceptors (Lipinski definition) is 4. The van der Waals surface area contributed by atoms with E-state index in [9.17, 15) is 14.3 Å². The van der Waals surface area contributed by atoms with E-state index >= 15 is 8.78 Å². The first-order chi connectivity index (χ1) is 18.8. The third kappa shape index (κ3) is 5.80. The number of anilines is 1. The van der Waals surface area contributed by atoms with Crippen LogP contribution in [0.2, 0.25) is 10.0 Å². The van der Waals surface area contributed by atoms with Gasteiger partial charge in [-0.1, -0.05) is 68.2 Å². The van der Waals surface area contributed by atoms with E-state index in [0.29, 0.717) is 17.0 Å². The molecule has 10 heteroatoms. The van der Waals surface area contributed by atoms with E-state index in [1.165, 1.54) is 36.6 Å². The summed E-state index contributed by atoms with van der Waals surface area (Å²) in [6, 6.07) is 15.3. The fraction of sp³-hybridized carbons (Fsp3) is 0.333. The van der Waals surface area contributed by atoms with Crippen LogP contribution in [0.5, 0.6) is 0 Å². The van der Waals surface area contributed by atoms with Gasteiger partial charge in [-0.3, -0.25) is 9.00 Å². The van der Waals surface area contributed by atoms with Crippen LogP contribution in [-0.4, -0.2) is 28.5 Å². The highest BCUT2D eigenvalue weighted by Crippen LogP contribution is 2.52. The number of nitriles is 1. The molecule has 0 aromatic heterocycles. The lowest BCUT2D eigenvalue weighted by atomic mass is 9.62. The van der Waals surface area contributed by atoms with Crippen LogP contribution < -0.4 is 10.6 Å². The molecule has 3 aromatic rings. The second-order valence-corrected chi connectivity index (χ2v) is 13.4. The molecule has 0 saturated carbocycles. The second-order valence-electron chi connectivity index (χ2n) is 11.2. The second kappa shape index (κ2) is 11.6. The number of hydrogen-bond donors (Lipinski definition) is 2. The fourth-order valence-corrected chi connectivity index (χ4v) is 6.43. The monoisotopic (exact) mass is 603 g/mol. The Bertz CT molecular complexity index is 1520. The molecule has 0 bridgehead atoms. The van der Waals surface area contributed by atoms with E-state index in [-0.39, 0.29) is 26.6 Å². The Morgan fingerprint density at radius 2 is 1.82 bits per heavy atom. The van der Waals surface area contributed by atoms with Gasteiger partial charge in [0, 0.05) is 50.2 Å². The van der Waals surface area contributed by atoms with E-state index < -0.39 is 51.8 Å². The van der Waals surface area contributed by atoms with Gasteiger partial charge in [0.2, 0.25) is 5.91 Å². The number of halogens is 4. The van der Waals surface area contributed by atoms with Crippen LogP contribution in [0.1, 0.15) is 44.2 Å². The number of nitrogens with one attached hydrogen (secondary N) is 2. The fourth-order valence-electron chi connectivity index (χ4n) is 5.53. The standard InChI is InChI=1S/C30H29Cl2F2N3O2S/c1-29(2,3)15-24-30(16-35,21-12-11-17(31)13-23(21)33)25(20-9-6-10-22(32)26(20)34)27(37-24)28(38)36-18-7-5-8-19(14-18)40(4)39/h5-14,24-25,27,37H,15H2,1-4H3,(H,36,38). The average Bonchev–Trinajstić information content (AvgIpc) is 3.18. The van der Waals surface area contributed by atoms with Crippen molar-refractivity contribution in [1.82, 2.24) is 5.32 Å². The van der Waals surface area contributed by atoms with E-state index in [1.807, 2.05) is 20.8 Å². The van der Waals surface area contributed by atoms with Crippen LogP contribution in [0.3, 0.4) is 0 Å². The minimum absolute atomic E-state index is 0.00389. The SMILES string of the molecule is CS(=O)c1cccc(NC(=O)C2NC(CC(C)(C)C)C(C#N)(c3ccc(Cl)cc3F)C2c2cccc(Cl)c2F)c1. The summed E-state index contributed by atoms with van der Waals surface area (Å²) in [7, 11) is -1.29. The largest absolute Gasteiger partial charge is 0.325 e. The van der Waals surface area contributed by atoms with Gasteiger partial charge in [-0.05, 0) is 53.8 Å². The molecule has 1 heterocycles. The molecule has 3 aromatic carbocycles. The van der Waals surface area contributed by atoms with Crippen LogP contribution in [0.4, 0.5) is 14.5 Å². The molecule has 1 fully saturated rings. The predicted molar refractivity (Wildman–Crippen MR) is 155 cm³/mol. The average molecular weight is 605 g/mol. The zero-order chi connectivity index (χ0) is 29.4. The molecule has 1 saturated heterocycles. The summed E-state index contributed by atoms with van der Waals surface area (Å²) in [6.07, 6.45) is 1.88. The molecular formula is C30H29Cl2F2N3O2S. The van der Waals surface area contributed by atoms with E-state index in [0.717, 1.165) is 6.07 Å². The van der Waals surface area contributed by atoms with Crippen molar-refractivity contribution in [3.05, 3.63) is 93.5 Å². The van der Waals surface area contributed by atoms with E-state index in [4.69, 9.17) is 23.2 Å². The van der Waals surface area contributed by atoms with Crippen molar-refractivity contribution in [1.29, 1.82) is 5.26 Å². The van der Waals surface area contributed by atoms with Crippen molar-refractivity contribution < 1.29 is 17.8 Å². The van der Waals surface area contributed by atoms with Gasteiger partial charge in [-0.2, -0.15) is 5.26 Å². The summed E-state index contributed by atoms with van der Waals surface area (Å²) in [5.74, 6) is -3.26. The molecule has 5 atom stereocenters. The Hall–Kier alpha value is -2.83. The first-order valence-corrected chi connectivity index (χ1v) is 14.9. The minimum Gasteiger partial charge on any atom is -0.325 e. The van der Waals surface area contributed by atoms with Gasteiger partial charge in [0.05, 0.1) is 17.1 Å². The third-order valence-electron chi connectivity index (χ3n) is 7.17. The number of rotatable bonds is 6. The van der Waals surface area contributed by atoms with Gasteiger partial charge >= 0.3 is 0 Å². The molecule has 0 aliphatic carbocycles. The maximum atomic E-state index is 15.7. The predicted octanol–water partition coefficient (Wildman–Crippen LogP) is 6.97. The van der Waals surface area contributed by atoms with Crippen molar-refractivity contribution in [2.45, 2.75) is 55.5 Å². The summed E-state index contributed by atoms with van der Waals surface area (Å²) in [4.78, 5) is 14.4. The van der Waals surface area contributed by atoms with Gasteiger partial charge in [-0.25, -0.2) is 8.78 Å². The number of benzene rings is 3. The Kier molecular flexibility index (Phi) is 8.72. The van der Waals surface area contributed by atoms with Crippen molar-refractivity contribution in [3.63, 3.8) is 0 Å². The lowest BCUT2D eigenvalue weighted by Crippen LogP contribution is -2.45. The molecule has 210 valence electrons. The summed E-state index contributed by atoms with van der Waals surface area (Å²) in [5, 5.41) is 17.0. The van der Waals surface area contributed by atoms with E-state index in [2.05, 4.69) is 16.7 Å². The molecule has 2 N–H and O–H groups in total. The molecular weight excluding hydrogens is 575 g/mol. The van der Waals surface area contributed by atoms with Crippen molar-refractivity contribution in [2.24, 2.45) is 5.41 Å². The molecule has 1 amide bonds. The first kappa shape index (κ1) is 30.1. The van der Waals surface area contributed by atoms with Crippen LogP contribution in [-0.2, 0) is 21.0 Å². The molecule has 0 radical (unpaired) electrons. The zero-order valence-electron chi connectivity index (χ0n) is 22.4. The number of nitrogens with zero attached hydrogens (tertiary/aromatic N) is 1. The third-order valence-corrected chi connectivity index (χ3v) is 8.61. The van der Waals surface area contributed by atoms with Gasteiger partial charge in [-0.15, -0.1) is 0 Å². The highest BCUT2D eigenvalue weighted by Gasteiger charge is 2.61. The Balaban J connectivity index is 1.95. The van der Waals surface area contributed by atoms with Crippen molar-refractivity contribution in [2.75, 3.05) is 11.6 Å². The normalized spacial score (nSPS) is 23.4. The summed E-state index contributed by atoms with van der Waals surface area (Å²) < 4.78 is 43.4. The molecule has 40 heavy (non-hydrogen) atoms. The molecule has 5 unspecified atom stereocenters. The molecule has 1 aliphatic rings. The highest BCUT2D eigenvalue weighted by atomic mass is 35.5. The first-order valence-electron chi connectivity index (χ1n) is 12.6. The summed E-state index contributed by atoms with van der Waals surface area (Å²) in [5.41, 5.74) is -1.68. The topological polar surface area (TPSA) is 82.0 Å². The molecule has 5 nitrogen and oxygen atoms in total. The van der Waals surface area contributed by atoms with Crippen LogP contribution in [0.15, 0.2) is 65.6 Å². The number of carbonyl (C=O) groups excluding carboxylic acids is 1. The maximum Gasteiger partial charge on any atom is 0.242 e. The number of amides is 1. The van der Waals surface area contributed by atoms with Crippen molar-refractivity contribution >= 4 is 45.6 Å². The lowest BCUT2D eigenvalue weighted by molar-refractivity contribution is -0.118. The highest BCUT2D eigenvalue weighted by molar-refractivity contribution is 7.84. The van der Waals surface area contributed by atoms with Gasteiger partial charge in [0.15, 0.2) is 0 Å². The molecule has 1 aliphatic heterocycles. The van der Waals surface area contributed by atoms with Crippen LogP contribution >= 0.6 is 23.2 Å². The summed E-state index contributed by atoms with van der Waals surface area (Å²) in [6.45, 7) is 5.90. The summed E-state index contributed by atoms with van der Waals surface area (Å²) >= 11 is 12.2. The molecule has 4 rings (SSSR count). The van der Waals surface area contributed by atoms with E-state index in [1.54, 1.807) is 24.3 Å². The van der Waals surface area contributed by atoms with Gasteiger partial charge < -0.3 is 10.6 Å². The Morgan fingerprint density at radius 3 is 2.45 bits per heavy atom. The zero-order valence-corrected chi connectivity index (χ0v) is 24.7. The quantitative estimate of drug-likeness (QED) is 0.319. The van der Waals surface area contributed by atoms with Gasteiger partial charge in [0.25, 0.3) is 0 Å². The van der Waals surface area contributed by atoms with Gasteiger partial charge in [0.1, 0.15) is 17.0 Å².